The average Bonchev–Trinajstić information content (AvgIpc) is 2.68. The molecule has 3 atom stereocenters. The number of hydrogen-bond acceptors (Lipinski definition) is 5. The van der Waals surface area contributed by atoms with E-state index in [0.717, 1.165) is 49.3 Å². The maximum Gasteiger partial charge on any atom is 0.218 e. The summed E-state index contributed by atoms with van der Waals surface area (Å²) in [6.45, 7) is 6.86. The van der Waals surface area contributed by atoms with Crippen LogP contribution in [0.3, 0.4) is 0 Å². The van der Waals surface area contributed by atoms with Crippen molar-refractivity contribution in [3.8, 4) is 5.88 Å². The molecular weight excluding hydrogens is 424 g/mol. The van der Waals surface area contributed by atoms with Gasteiger partial charge >= 0.3 is 0 Å². The molecule has 1 aromatic carbocycles. The second kappa shape index (κ2) is 9.28. The van der Waals surface area contributed by atoms with Crippen molar-refractivity contribution in [3.63, 3.8) is 0 Å². The fourth-order valence-corrected chi connectivity index (χ4v) is 4.90. The SMILES string of the molecule is CC(C)(C)Cc1cnc2c(c1)C(NC[C@@H](O)[C@@H](N)Cc1cc(F)cc(F)c1)CC1(CCC1)O2. The van der Waals surface area contributed by atoms with Gasteiger partial charge in [-0.3, -0.25) is 0 Å². The van der Waals surface area contributed by atoms with E-state index in [-0.39, 0.29) is 30.0 Å². The molecule has 0 amide bonds. The van der Waals surface area contributed by atoms with Crippen LogP contribution in [0.5, 0.6) is 5.88 Å². The summed E-state index contributed by atoms with van der Waals surface area (Å²) in [5, 5.41) is 14.2. The normalized spacial score (nSPS) is 21.1. The van der Waals surface area contributed by atoms with Crippen LogP contribution in [0.2, 0.25) is 0 Å². The monoisotopic (exact) mass is 459 g/mol. The molecule has 1 aromatic heterocycles. The standard InChI is InChI=1S/C26H35F2N3O2/c1-25(2,3)12-17-9-20-22(13-26(5-4-6-26)33-24(20)31-14-17)30-15-23(32)21(29)10-16-7-18(27)11-19(28)8-16/h7-9,11,14,21-23,30,32H,4-6,10,12-13,15,29H2,1-3H3/t21-,22?,23+/m0/s1. The number of benzene rings is 1. The molecule has 0 saturated heterocycles. The van der Waals surface area contributed by atoms with Gasteiger partial charge in [0.2, 0.25) is 5.88 Å². The fraction of sp³-hybridized carbons (Fsp3) is 0.577. The highest BCUT2D eigenvalue weighted by Gasteiger charge is 2.46. The van der Waals surface area contributed by atoms with Crippen LogP contribution in [0.25, 0.3) is 0 Å². The topological polar surface area (TPSA) is 80.4 Å². The van der Waals surface area contributed by atoms with Gasteiger partial charge in [0.15, 0.2) is 0 Å². The molecule has 1 aliphatic heterocycles. The lowest BCUT2D eigenvalue weighted by Gasteiger charge is -2.47. The molecule has 1 unspecified atom stereocenters. The number of aliphatic hydroxyl groups is 1. The Balaban J connectivity index is 1.45. The molecule has 0 radical (unpaired) electrons. The Bertz CT molecular complexity index is 968. The third kappa shape index (κ3) is 5.89. The number of nitrogens with zero attached hydrogens (tertiary/aromatic N) is 1. The Morgan fingerprint density at radius 2 is 1.88 bits per heavy atom. The molecule has 5 nitrogen and oxygen atoms in total. The molecule has 33 heavy (non-hydrogen) atoms. The zero-order chi connectivity index (χ0) is 23.8. The third-order valence-corrected chi connectivity index (χ3v) is 6.66. The Labute approximate surface area is 194 Å². The molecule has 2 heterocycles. The van der Waals surface area contributed by atoms with Gasteiger partial charge in [-0.25, -0.2) is 13.8 Å². The summed E-state index contributed by atoms with van der Waals surface area (Å²) in [6.07, 6.45) is 6.09. The lowest BCUT2D eigenvalue weighted by Crippen LogP contribution is -2.51. The predicted octanol–water partition coefficient (Wildman–Crippen LogP) is 4.22. The minimum atomic E-state index is -0.870. The van der Waals surface area contributed by atoms with Crippen LogP contribution < -0.4 is 15.8 Å². The number of ether oxygens (including phenoxy) is 1. The predicted molar refractivity (Wildman–Crippen MR) is 124 cm³/mol. The van der Waals surface area contributed by atoms with E-state index in [4.69, 9.17) is 10.5 Å². The zero-order valence-corrected chi connectivity index (χ0v) is 19.7. The van der Waals surface area contributed by atoms with Gasteiger partial charge in [-0.2, -0.15) is 0 Å². The molecule has 0 bridgehead atoms. The van der Waals surface area contributed by atoms with Crippen LogP contribution in [0, 0.1) is 17.0 Å². The zero-order valence-electron chi connectivity index (χ0n) is 19.7. The van der Waals surface area contributed by atoms with Gasteiger partial charge in [0.25, 0.3) is 0 Å². The number of nitrogens with one attached hydrogen (secondary N) is 1. The van der Waals surface area contributed by atoms with Crippen LogP contribution in [0.15, 0.2) is 30.5 Å². The van der Waals surface area contributed by atoms with Gasteiger partial charge in [0.05, 0.1) is 6.10 Å². The molecular formula is C26H35F2N3O2. The summed E-state index contributed by atoms with van der Waals surface area (Å²) in [4.78, 5) is 4.65. The van der Waals surface area contributed by atoms with E-state index in [0.29, 0.717) is 11.4 Å². The summed E-state index contributed by atoms with van der Waals surface area (Å²) in [6, 6.07) is 4.84. The Hall–Kier alpha value is -2.09. The highest BCUT2D eigenvalue weighted by Crippen LogP contribution is 2.48. The molecule has 4 N–H and O–H groups in total. The van der Waals surface area contributed by atoms with E-state index >= 15 is 0 Å². The second-order valence-electron chi connectivity index (χ2n) is 11.0. The molecule has 2 aliphatic rings. The third-order valence-electron chi connectivity index (χ3n) is 6.66. The summed E-state index contributed by atoms with van der Waals surface area (Å²) in [5.41, 5.74) is 8.73. The first kappa shape index (κ1) is 24.0. The fourth-order valence-electron chi connectivity index (χ4n) is 4.90. The summed E-state index contributed by atoms with van der Waals surface area (Å²) >= 11 is 0. The average molecular weight is 460 g/mol. The Morgan fingerprint density at radius 1 is 1.18 bits per heavy atom. The molecule has 4 rings (SSSR count). The van der Waals surface area contributed by atoms with E-state index in [9.17, 15) is 13.9 Å². The number of fused-ring (bicyclic) bond motifs is 1. The quantitative estimate of drug-likeness (QED) is 0.578. The number of aromatic nitrogens is 1. The molecule has 180 valence electrons. The maximum absolute atomic E-state index is 13.5. The number of aliphatic hydroxyl groups excluding tert-OH is 1. The highest BCUT2D eigenvalue weighted by molar-refractivity contribution is 5.37. The summed E-state index contributed by atoms with van der Waals surface area (Å²) in [7, 11) is 0. The van der Waals surface area contributed by atoms with Crippen LogP contribution in [0.4, 0.5) is 8.78 Å². The van der Waals surface area contributed by atoms with Crippen molar-refractivity contribution in [1.29, 1.82) is 0 Å². The van der Waals surface area contributed by atoms with Crippen LogP contribution in [-0.2, 0) is 12.8 Å². The van der Waals surface area contributed by atoms with Crippen molar-refractivity contribution >= 4 is 0 Å². The first-order valence-electron chi connectivity index (χ1n) is 11.8. The van der Waals surface area contributed by atoms with Crippen molar-refractivity contribution < 1.29 is 18.6 Å². The number of nitrogens with two attached hydrogens (primary N) is 1. The minimum Gasteiger partial charge on any atom is -0.471 e. The van der Waals surface area contributed by atoms with E-state index < -0.39 is 23.8 Å². The first-order chi connectivity index (χ1) is 15.5. The van der Waals surface area contributed by atoms with Crippen molar-refractivity contribution in [2.75, 3.05) is 6.54 Å². The number of rotatable bonds is 7. The molecule has 1 spiro atoms. The molecule has 7 heteroatoms. The van der Waals surface area contributed by atoms with Crippen LogP contribution >= 0.6 is 0 Å². The number of halogens is 2. The molecule has 1 fully saturated rings. The van der Waals surface area contributed by atoms with Crippen molar-refractivity contribution in [2.45, 2.75) is 83.1 Å². The Kier molecular flexibility index (Phi) is 6.76. The number of pyridine rings is 1. The summed E-state index contributed by atoms with van der Waals surface area (Å²) in [5.74, 6) is -0.619. The second-order valence-corrected chi connectivity index (χ2v) is 11.0. The van der Waals surface area contributed by atoms with Crippen molar-refractivity contribution in [3.05, 3.63) is 58.8 Å². The van der Waals surface area contributed by atoms with Crippen LogP contribution in [-0.4, -0.2) is 34.4 Å². The van der Waals surface area contributed by atoms with Gasteiger partial charge < -0.3 is 20.9 Å². The summed E-state index contributed by atoms with van der Waals surface area (Å²) < 4.78 is 33.3. The van der Waals surface area contributed by atoms with Crippen molar-refractivity contribution in [1.82, 2.24) is 10.3 Å². The lowest BCUT2D eigenvalue weighted by atomic mass is 9.73. The van der Waals surface area contributed by atoms with E-state index in [1.807, 2.05) is 6.20 Å². The van der Waals surface area contributed by atoms with Crippen LogP contribution in [0.1, 0.15) is 69.2 Å². The highest BCUT2D eigenvalue weighted by atomic mass is 19.1. The van der Waals surface area contributed by atoms with E-state index in [1.54, 1.807) is 0 Å². The maximum atomic E-state index is 13.5. The van der Waals surface area contributed by atoms with Crippen molar-refractivity contribution in [2.24, 2.45) is 11.1 Å². The van der Waals surface area contributed by atoms with E-state index in [2.05, 4.69) is 37.1 Å². The van der Waals surface area contributed by atoms with Gasteiger partial charge in [-0.1, -0.05) is 20.8 Å². The first-order valence-corrected chi connectivity index (χ1v) is 11.8. The number of hydrogen-bond donors (Lipinski definition) is 3. The molecule has 1 saturated carbocycles. The van der Waals surface area contributed by atoms with Gasteiger partial charge in [0, 0.05) is 42.9 Å². The van der Waals surface area contributed by atoms with Gasteiger partial charge in [-0.05, 0) is 66.8 Å². The smallest absolute Gasteiger partial charge is 0.218 e. The molecule has 2 aromatic rings. The van der Waals surface area contributed by atoms with Gasteiger partial charge in [0.1, 0.15) is 17.2 Å². The largest absolute Gasteiger partial charge is 0.471 e. The molecule has 1 aliphatic carbocycles. The van der Waals surface area contributed by atoms with Gasteiger partial charge in [-0.15, -0.1) is 0 Å². The van der Waals surface area contributed by atoms with E-state index in [1.165, 1.54) is 12.1 Å². The minimum absolute atomic E-state index is 0.00469. The lowest BCUT2D eigenvalue weighted by molar-refractivity contribution is -0.0420. The Morgan fingerprint density at radius 3 is 2.48 bits per heavy atom.